The molecule has 2 fully saturated rings. The molecule has 6 nitrogen and oxygen atoms in total. The average Bonchev–Trinajstić information content (AvgIpc) is 2.67. The molecule has 2 N–H and O–H groups in total. The first-order valence-electron chi connectivity index (χ1n) is 9.37. The maximum absolute atomic E-state index is 12.6. The van der Waals surface area contributed by atoms with Crippen LogP contribution in [-0.2, 0) is 9.59 Å². The number of carbonyl (C=O) groups is 2. The Hall–Kier alpha value is -2.54. The van der Waals surface area contributed by atoms with Gasteiger partial charge in [0.05, 0.1) is 18.4 Å². The Balaban J connectivity index is 1.67. The van der Waals surface area contributed by atoms with E-state index in [2.05, 4.69) is 10.6 Å². The fourth-order valence-electron chi connectivity index (χ4n) is 4.03. The van der Waals surface area contributed by atoms with Crippen LogP contribution in [0.4, 0.5) is 0 Å². The third kappa shape index (κ3) is 3.64. The first-order chi connectivity index (χ1) is 13.1. The van der Waals surface area contributed by atoms with E-state index in [1.165, 1.54) is 19.3 Å². The second-order valence-corrected chi connectivity index (χ2v) is 7.59. The molecule has 0 spiro atoms. The SMILES string of the molecule is O=C1NC(=S)NC(=O)C1C1c2ccccc2C=CN1C=NC1CCCCC1. The van der Waals surface area contributed by atoms with Crippen LogP contribution in [0.15, 0.2) is 35.5 Å². The zero-order valence-electron chi connectivity index (χ0n) is 14.9. The second kappa shape index (κ2) is 7.60. The molecule has 1 saturated carbocycles. The Morgan fingerprint density at radius 2 is 1.78 bits per heavy atom. The normalized spacial score (nSPS) is 24.1. The number of nitrogens with zero attached hydrogens (tertiary/aromatic N) is 2. The fourth-order valence-corrected chi connectivity index (χ4v) is 4.23. The summed E-state index contributed by atoms with van der Waals surface area (Å²) in [5, 5.41) is 5.22. The highest BCUT2D eigenvalue weighted by Crippen LogP contribution is 2.36. The monoisotopic (exact) mass is 382 g/mol. The first kappa shape index (κ1) is 17.9. The van der Waals surface area contributed by atoms with Crippen LogP contribution in [0.3, 0.4) is 0 Å². The van der Waals surface area contributed by atoms with E-state index < -0.39 is 12.0 Å². The number of benzene rings is 1. The molecule has 140 valence electrons. The van der Waals surface area contributed by atoms with Gasteiger partial charge in [0.1, 0.15) is 5.92 Å². The van der Waals surface area contributed by atoms with E-state index >= 15 is 0 Å². The third-order valence-corrected chi connectivity index (χ3v) is 5.61. The van der Waals surface area contributed by atoms with Crippen LogP contribution >= 0.6 is 12.2 Å². The molecule has 7 heteroatoms. The summed E-state index contributed by atoms with van der Waals surface area (Å²) < 4.78 is 0. The highest BCUT2D eigenvalue weighted by Gasteiger charge is 2.43. The molecule has 1 aliphatic carbocycles. The van der Waals surface area contributed by atoms with Gasteiger partial charge in [0, 0.05) is 6.20 Å². The summed E-state index contributed by atoms with van der Waals surface area (Å²) in [5.74, 6) is -1.66. The number of hydrogen-bond acceptors (Lipinski definition) is 4. The second-order valence-electron chi connectivity index (χ2n) is 7.18. The zero-order valence-corrected chi connectivity index (χ0v) is 15.7. The lowest BCUT2D eigenvalue weighted by Gasteiger charge is -2.37. The largest absolute Gasteiger partial charge is 0.330 e. The minimum atomic E-state index is -0.902. The molecule has 2 aliphatic heterocycles. The topological polar surface area (TPSA) is 73.8 Å². The van der Waals surface area contributed by atoms with Gasteiger partial charge in [-0.25, -0.2) is 0 Å². The van der Waals surface area contributed by atoms with Crippen LogP contribution < -0.4 is 10.6 Å². The zero-order chi connectivity index (χ0) is 18.8. The fraction of sp³-hybridized carbons (Fsp3) is 0.400. The molecule has 27 heavy (non-hydrogen) atoms. The van der Waals surface area contributed by atoms with Gasteiger partial charge < -0.3 is 15.5 Å². The molecule has 2 heterocycles. The lowest BCUT2D eigenvalue weighted by molar-refractivity contribution is -0.137. The number of thiocarbonyl (C=S) groups is 1. The van der Waals surface area contributed by atoms with Gasteiger partial charge in [0.15, 0.2) is 5.11 Å². The minimum Gasteiger partial charge on any atom is -0.330 e. The van der Waals surface area contributed by atoms with Crippen molar-refractivity contribution in [2.75, 3.05) is 0 Å². The van der Waals surface area contributed by atoms with Crippen molar-refractivity contribution >= 4 is 41.6 Å². The summed E-state index contributed by atoms with van der Waals surface area (Å²) in [6, 6.07) is 7.66. The van der Waals surface area contributed by atoms with Crippen LogP contribution in [-0.4, -0.2) is 34.2 Å². The van der Waals surface area contributed by atoms with Gasteiger partial charge in [-0.05, 0) is 42.3 Å². The van der Waals surface area contributed by atoms with Crippen LogP contribution in [0.5, 0.6) is 0 Å². The number of hydrogen-bond donors (Lipinski definition) is 2. The molecule has 3 aliphatic rings. The summed E-state index contributed by atoms with van der Waals surface area (Å²) in [6.45, 7) is 0. The smallest absolute Gasteiger partial charge is 0.241 e. The third-order valence-electron chi connectivity index (χ3n) is 5.40. The lowest BCUT2D eigenvalue weighted by atomic mass is 9.85. The van der Waals surface area contributed by atoms with Crippen molar-refractivity contribution in [2.24, 2.45) is 10.9 Å². The van der Waals surface area contributed by atoms with E-state index in [1.54, 1.807) is 6.34 Å². The number of aliphatic imine (C=N–C) groups is 1. The van der Waals surface area contributed by atoms with Gasteiger partial charge in [-0.3, -0.25) is 14.6 Å². The van der Waals surface area contributed by atoms with Gasteiger partial charge in [-0.1, -0.05) is 43.5 Å². The predicted octanol–water partition coefficient (Wildman–Crippen LogP) is 2.52. The molecule has 1 unspecified atom stereocenters. The van der Waals surface area contributed by atoms with Gasteiger partial charge in [-0.15, -0.1) is 0 Å². The Morgan fingerprint density at radius 3 is 2.52 bits per heavy atom. The molecular weight excluding hydrogens is 360 g/mol. The minimum absolute atomic E-state index is 0.0586. The Bertz CT molecular complexity index is 809. The average molecular weight is 382 g/mol. The van der Waals surface area contributed by atoms with Crippen molar-refractivity contribution in [3.63, 3.8) is 0 Å². The van der Waals surface area contributed by atoms with Crippen molar-refractivity contribution in [2.45, 2.75) is 44.2 Å². The standard InChI is InChI=1S/C20H22N4O2S/c25-18-16(19(26)23-20(27)22-18)17-15-9-5-4-6-13(15)10-11-24(17)12-21-14-7-2-1-3-8-14/h4-6,9-12,14,16-17H,1-3,7-8H2,(H2,22,23,25,26,27). The summed E-state index contributed by atoms with van der Waals surface area (Å²) in [4.78, 5) is 31.9. The number of fused-ring (bicyclic) bond motifs is 1. The summed E-state index contributed by atoms with van der Waals surface area (Å²) in [5.41, 5.74) is 1.93. The summed E-state index contributed by atoms with van der Waals surface area (Å²) >= 11 is 4.94. The maximum atomic E-state index is 12.6. The van der Waals surface area contributed by atoms with Crippen molar-refractivity contribution in [3.05, 3.63) is 41.6 Å². The maximum Gasteiger partial charge on any atom is 0.241 e. The van der Waals surface area contributed by atoms with Crippen molar-refractivity contribution in [1.29, 1.82) is 0 Å². The van der Waals surface area contributed by atoms with Crippen molar-refractivity contribution in [3.8, 4) is 0 Å². The van der Waals surface area contributed by atoms with E-state index in [-0.39, 0.29) is 16.9 Å². The summed E-state index contributed by atoms with van der Waals surface area (Å²) in [6.07, 6.45) is 11.5. The molecule has 1 aromatic rings. The highest BCUT2D eigenvalue weighted by molar-refractivity contribution is 7.80. The number of rotatable bonds is 3. The van der Waals surface area contributed by atoms with Crippen LogP contribution in [0.25, 0.3) is 6.08 Å². The number of carbonyl (C=O) groups excluding carboxylic acids is 2. The lowest BCUT2D eigenvalue weighted by Crippen LogP contribution is -2.58. The van der Waals surface area contributed by atoms with Crippen LogP contribution in [0, 0.1) is 5.92 Å². The first-order valence-corrected chi connectivity index (χ1v) is 9.78. The Labute approximate surface area is 163 Å². The van der Waals surface area contributed by atoms with Gasteiger partial charge in [-0.2, -0.15) is 0 Å². The number of amides is 2. The highest BCUT2D eigenvalue weighted by atomic mass is 32.1. The van der Waals surface area contributed by atoms with E-state index in [1.807, 2.05) is 41.4 Å². The Morgan fingerprint density at radius 1 is 1.07 bits per heavy atom. The molecule has 1 aromatic carbocycles. The molecular formula is C20H22N4O2S. The molecule has 0 bridgehead atoms. The van der Waals surface area contributed by atoms with E-state index in [4.69, 9.17) is 17.2 Å². The van der Waals surface area contributed by atoms with Crippen LogP contribution in [0.2, 0.25) is 0 Å². The quantitative estimate of drug-likeness (QED) is 0.365. The van der Waals surface area contributed by atoms with Gasteiger partial charge >= 0.3 is 0 Å². The van der Waals surface area contributed by atoms with Gasteiger partial charge in [0.2, 0.25) is 11.8 Å². The Kier molecular flexibility index (Phi) is 5.03. The van der Waals surface area contributed by atoms with E-state index in [9.17, 15) is 9.59 Å². The molecule has 4 rings (SSSR count). The van der Waals surface area contributed by atoms with Gasteiger partial charge in [0.25, 0.3) is 0 Å². The molecule has 0 aromatic heterocycles. The van der Waals surface area contributed by atoms with Crippen molar-refractivity contribution < 1.29 is 9.59 Å². The van der Waals surface area contributed by atoms with Crippen LogP contribution in [0.1, 0.15) is 49.3 Å². The molecule has 0 radical (unpaired) electrons. The van der Waals surface area contributed by atoms with E-state index in [0.717, 1.165) is 24.0 Å². The molecule has 1 atom stereocenters. The predicted molar refractivity (Wildman–Crippen MR) is 108 cm³/mol. The summed E-state index contributed by atoms with van der Waals surface area (Å²) in [7, 11) is 0. The van der Waals surface area contributed by atoms with Crippen molar-refractivity contribution in [1.82, 2.24) is 15.5 Å². The number of nitrogens with one attached hydrogen (secondary N) is 2. The molecule has 2 amide bonds. The van der Waals surface area contributed by atoms with E-state index in [0.29, 0.717) is 6.04 Å². The molecule has 1 saturated heterocycles.